The lowest BCUT2D eigenvalue weighted by molar-refractivity contribution is 0.114. The standard InChI is InChI=1S/C19H28ClNO3/c1-5-15-17(21-14-7-8-14)11-18(13(2)3)24-19(15)16(20)12-23-10-6-9-22-4/h5,11-14,18,21H,1,6-10H2,2-4H3/b16-12-. The van der Waals surface area contributed by atoms with Gasteiger partial charge in [0.25, 0.3) is 0 Å². The third-order valence-electron chi connectivity index (χ3n) is 3.93. The summed E-state index contributed by atoms with van der Waals surface area (Å²) in [5.74, 6) is 0.970. The van der Waals surface area contributed by atoms with E-state index in [0.29, 0.717) is 36.0 Å². The van der Waals surface area contributed by atoms with Gasteiger partial charge in [0.05, 0.1) is 6.61 Å². The van der Waals surface area contributed by atoms with Crippen LogP contribution >= 0.6 is 11.6 Å². The predicted molar refractivity (Wildman–Crippen MR) is 97.6 cm³/mol. The Morgan fingerprint density at radius 1 is 1.46 bits per heavy atom. The number of methoxy groups -OCH3 is 1. The summed E-state index contributed by atoms with van der Waals surface area (Å²) < 4.78 is 16.6. The Hall–Kier alpha value is -1.39. The van der Waals surface area contributed by atoms with Crippen LogP contribution in [0.1, 0.15) is 33.1 Å². The Morgan fingerprint density at radius 2 is 2.21 bits per heavy atom. The van der Waals surface area contributed by atoms with Gasteiger partial charge in [0.1, 0.15) is 17.4 Å². The molecule has 1 heterocycles. The first-order chi connectivity index (χ1) is 11.6. The molecule has 4 nitrogen and oxygen atoms in total. The van der Waals surface area contributed by atoms with Crippen LogP contribution in [0.25, 0.3) is 0 Å². The summed E-state index contributed by atoms with van der Waals surface area (Å²) in [7, 11) is 1.67. The first-order valence-electron chi connectivity index (χ1n) is 8.55. The normalized spacial score (nSPS) is 21.5. The molecule has 1 fully saturated rings. The molecule has 1 aliphatic carbocycles. The van der Waals surface area contributed by atoms with Crippen molar-refractivity contribution >= 4 is 11.6 Å². The number of hydrogen-bond acceptors (Lipinski definition) is 4. The molecule has 1 N–H and O–H groups in total. The number of nitrogens with one attached hydrogen (secondary N) is 1. The molecule has 24 heavy (non-hydrogen) atoms. The van der Waals surface area contributed by atoms with Gasteiger partial charge >= 0.3 is 0 Å². The smallest absolute Gasteiger partial charge is 0.151 e. The van der Waals surface area contributed by atoms with Crippen molar-refractivity contribution in [2.24, 2.45) is 5.92 Å². The Bertz CT molecular complexity index is 533. The van der Waals surface area contributed by atoms with Crippen molar-refractivity contribution in [3.05, 3.63) is 47.1 Å². The molecule has 0 bridgehead atoms. The number of allylic oxidation sites excluding steroid dienone is 2. The molecule has 1 unspecified atom stereocenters. The van der Waals surface area contributed by atoms with Crippen molar-refractivity contribution in [3.63, 3.8) is 0 Å². The molecular weight excluding hydrogens is 326 g/mol. The van der Waals surface area contributed by atoms with Crippen LogP contribution in [0, 0.1) is 5.92 Å². The fraction of sp³-hybridized carbons (Fsp3) is 0.579. The summed E-state index contributed by atoms with van der Waals surface area (Å²) in [6, 6.07) is 0.548. The van der Waals surface area contributed by atoms with Gasteiger partial charge in [0.15, 0.2) is 5.76 Å². The average molecular weight is 354 g/mol. The average Bonchev–Trinajstić information content (AvgIpc) is 3.37. The lowest BCUT2D eigenvalue weighted by Gasteiger charge is -2.29. The second kappa shape index (κ2) is 9.19. The van der Waals surface area contributed by atoms with E-state index in [2.05, 4.69) is 31.8 Å². The van der Waals surface area contributed by atoms with Crippen molar-refractivity contribution in [2.45, 2.75) is 45.3 Å². The third-order valence-corrected chi connectivity index (χ3v) is 4.19. The van der Waals surface area contributed by atoms with E-state index in [1.807, 2.05) is 0 Å². The third kappa shape index (κ3) is 5.32. The Labute approximate surface area is 150 Å². The largest absolute Gasteiger partial charge is 0.499 e. The molecule has 0 aromatic heterocycles. The van der Waals surface area contributed by atoms with E-state index in [4.69, 9.17) is 25.8 Å². The number of ether oxygens (including phenoxy) is 3. The van der Waals surface area contributed by atoms with Gasteiger partial charge in [-0.25, -0.2) is 0 Å². The van der Waals surface area contributed by atoms with E-state index in [9.17, 15) is 0 Å². The van der Waals surface area contributed by atoms with Crippen LogP contribution in [0.3, 0.4) is 0 Å². The minimum Gasteiger partial charge on any atom is -0.499 e. The quantitative estimate of drug-likeness (QED) is 0.471. The van der Waals surface area contributed by atoms with Gasteiger partial charge in [-0.1, -0.05) is 38.1 Å². The molecule has 2 aliphatic rings. The maximum absolute atomic E-state index is 6.45. The second-order valence-corrected chi connectivity index (χ2v) is 6.86. The summed E-state index contributed by atoms with van der Waals surface area (Å²) in [6.07, 6.45) is 8.66. The molecule has 0 aromatic rings. The van der Waals surface area contributed by atoms with Crippen molar-refractivity contribution in [1.29, 1.82) is 0 Å². The summed E-state index contributed by atoms with van der Waals surface area (Å²) in [4.78, 5) is 0. The van der Waals surface area contributed by atoms with Crippen molar-refractivity contribution < 1.29 is 14.2 Å². The molecule has 1 saturated carbocycles. The maximum atomic E-state index is 6.45. The molecule has 1 aliphatic heterocycles. The van der Waals surface area contributed by atoms with Gasteiger partial charge < -0.3 is 19.5 Å². The molecular formula is C19H28ClNO3. The van der Waals surface area contributed by atoms with E-state index in [0.717, 1.165) is 17.7 Å². The molecule has 2 rings (SSSR count). The summed E-state index contributed by atoms with van der Waals surface area (Å²) >= 11 is 6.45. The van der Waals surface area contributed by atoms with Crippen LogP contribution in [-0.2, 0) is 14.2 Å². The van der Waals surface area contributed by atoms with Crippen LogP contribution in [0.15, 0.2) is 47.1 Å². The van der Waals surface area contributed by atoms with E-state index >= 15 is 0 Å². The van der Waals surface area contributed by atoms with E-state index in [1.165, 1.54) is 12.8 Å². The summed E-state index contributed by atoms with van der Waals surface area (Å²) in [6.45, 7) is 9.40. The highest BCUT2D eigenvalue weighted by atomic mass is 35.5. The lowest BCUT2D eigenvalue weighted by atomic mass is 9.99. The predicted octanol–water partition coefficient (Wildman–Crippen LogP) is 4.25. The molecule has 0 radical (unpaired) electrons. The zero-order chi connectivity index (χ0) is 17.5. The van der Waals surface area contributed by atoms with Crippen molar-refractivity contribution in [3.8, 4) is 0 Å². The highest BCUT2D eigenvalue weighted by molar-refractivity contribution is 6.31. The van der Waals surface area contributed by atoms with Crippen LogP contribution < -0.4 is 5.32 Å². The van der Waals surface area contributed by atoms with Gasteiger partial charge in [0, 0.05) is 37.4 Å². The van der Waals surface area contributed by atoms with Crippen LogP contribution in [0.5, 0.6) is 0 Å². The number of halogens is 1. The molecule has 0 amide bonds. The van der Waals surface area contributed by atoms with Gasteiger partial charge in [-0.15, -0.1) is 0 Å². The van der Waals surface area contributed by atoms with Crippen LogP contribution in [0.2, 0.25) is 0 Å². The highest BCUT2D eigenvalue weighted by Crippen LogP contribution is 2.34. The zero-order valence-electron chi connectivity index (χ0n) is 14.8. The van der Waals surface area contributed by atoms with E-state index in [-0.39, 0.29) is 6.10 Å². The fourth-order valence-electron chi connectivity index (χ4n) is 2.37. The fourth-order valence-corrected chi connectivity index (χ4v) is 2.58. The summed E-state index contributed by atoms with van der Waals surface area (Å²) in [5, 5.41) is 4.01. The molecule has 134 valence electrons. The zero-order valence-corrected chi connectivity index (χ0v) is 15.6. The first-order valence-corrected chi connectivity index (χ1v) is 8.93. The first kappa shape index (κ1) is 18.9. The van der Waals surface area contributed by atoms with Crippen molar-refractivity contribution in [1.82, 2.24) is 5.32 Å². The van der Waals surface area contributed by atoms with Crippen LogP contribution in [0.4, 0.5) is 0 Å². The van der Waals surface area contributed by atoms with Gasteiger partial charge in [0.2, 0.25) is 0 Å². The van der Waals surface area contributed by atoms with E-state index < -0.39 is 0 Å². The lowest BCUT2D eigenvalue weighted by Crippen LogP contribution is -2.28. The molecule has 0 aromatic carbocycles. The maximum Gasteiger partial charge on any atom is 0.151 e. The Morgan fingerprint density at radius 3 is 2.79 bits per heavy atom. The topological polar surface area (TPSA) is 39.7 Å². The summed E-state index contributed by atoms with van der Waals surface area (Å²) in [5.41, 5.74) is 1.94. The van der Waals surface area contributed by atoms with Crippen LogP contribution in [-0.4, -0.2) is 32.5 Å². The highest BCUT2D eigenvalue weighted by Gasteiger charge is 2.29. The molecule has 0 saturated heterocycles. The minimum atomic E-state index is -0.0272. The van der Waals surface area contributed by atoms with Crippen molar-refractivity contribution in [2.75, 3.05) is 20.3 Å². The SMILES string of the molecule is C=CC1=C(/C(Cl)=C/OCCCOC)OC(C(C)C)C=C1NC1CC1. The molecule has 5 heteroatoms. The number of rotatable bonds is 10. The van der Waals surface area contributed by atoms with Gasteiger partial charge in [-0.3, -0.25) is 0 Å². The van der Waals surface area contributed by atoms with Gasteiger partial charge in [-0.05, 0) is 24.8 Å². The molecule has 1 atom stereocenters. The minimum absolute atomic E-state index is 0.0272. The Balaban J connectivity index is 2.15. The Kier molecular flexibility index (Phi) is 7.25. The monoisotopic (exact) mass is 353 g/mol. The number of hydrogen-bond donors (Lipinski definition) is 1. The van der Waals surface area contributed by atoms with Gasteiger partial charge in [-0.2, -0.15) is 0 Å². The van der Waals surface area contributed by atoms with E-state index in [1.54, 1.807) is 19.4 Å². The second-order valence-electron chi connectivity index (χ2n) is 6.46. The molecule has 0 spiro atoms.